The first-order chi connectivity index (χ1) is 12.9. The molecule has 3 aromatic rings. The van der Waals surface area contributed by atoms with Crippen molar-refractivity contribution in [3.8, 4) is 28.5 Å². The van der Waals surface area contributed by atoms with E-state index in [4.69, 9.17) is 5.73 Å². The molecule has 3 N–H and O–H groups in total. The second-order valence-electron chi connectivity index (χ2n) is 6.15. The average Bonchev–Trinajstić information content (AvgIpc) is 2.63. The van der Waals surface area contributed by atoms with Crippen LogP contribution in [-0.4, -0.2) is 21.0 Å². The molecule has 0 fully saturated rings. The third-order valence-electron chi connectivity index (χ3n) is 3.76. The largest absolute Gasteiger partial charge is 0.383 e. The number of hydrogen-bond acceptors (Lipinski definition) is 6. The third-order valence-corrected chi connectivity index (χ3v) is 3.76. The molecule has 0 atom stereocenters. The first kappa shape index (κ1) is 18.2. The summed E-state index contributed by atoms with van der Waals surface area (Å²) in [6.07, 6.45) is 3.12. The number of aromatic nitrogens is 3. The zero-order chi connectivity index (χ0) is 19.6. The number of halogens is 2. The summed E-state index contributed by atoms with van der Waals surface area (Å²) in [5.74, 6) is -1.51. The van der Waals surface area contributed by atoms with Gasteiger partial charge in [-0.3, -0.25) is 0 Å². The van der Waals surface area contributed by atoms with Gasteiger partial charge < -0.3 is 11.1 Å². The van der Waals surface area contributed by atoms with Crippen LogP contribution in [0.1, 0.15) is 19.4 Å². The van der Waals surface area contributed by atoms with Gasteiger partial charge in [0.25, 0.3) is 0 Å². The van der Waals surface area contributed by atoms with Crippen molar-refractivity contribution in [3.05, 3.63) is 53.9 Å². The van der Waals surface area contributed by atoms with E-state index in [1.54, 1.807) is 18.5 Å². The van der Waals surface area contributed by atoms with Crippen molar-refractivity contribution in [2.24, 2.45) is 0 Å². The van der Waals surface area contributed by atoms with E-state index in [-0.39, 0.29) is 17.4 Å². The molecule has 0 aliphatic rings. The molecule has 27 heavy (non-hydrogen) atoms. The molecule has 0 spiro atoms. The van der Waals surface area contributed by atoms with Crippen molar-refractivity contribution in [1.29, 1.82) is 5.26 Å². The summed E-state index contributed by atoms with van der Waals surface area (Å²) in [5.41, 5.74) is 7.74. The highest BCUT2D eigenvalue weighted by molar-refractivity contribution is 5.79. The highest BCUT2D eigenvalue weighted by Gasteiger charge is 2.15. The van der Waals surface area contributed by atoms with Crippen LogP contribution in [0.5, 0.6) is 0 Å². The second kappa shape index (κ2) is 7.33. The number of rotatable bonds is 4. The molecular formula is C19H16F2N6. The van der Waals surface area contributed by atoms with Crippen molar-refractivity contribution in [3.63, 3.8) is 0 Å². The van der Waals surface area contributed by atoms with Gasteiger partial charge in [0.15, 0.2) is 11.6 Å². The van der Waals surface area contributed by atoms with E-state index in [1.165, 1.54) is 6.07 Å². The molecule has 136 valence electrons. The SMILES string of the molecule is CC(C)Nc1ncc(-c2cc(-c3ccc(F)c(F)c3)nc(N)c2C#N)cn1. The molecule has 0 saturated heterocycles. The number of benzene rings is 1. The zero-order valence-electron chi connectivity index (χ0n) is 14.7. The van der Waals surface area contributed by atoms with E-state index < -0.39 is 11.6 Å². The fraction of sp³-hybridized carbons (Fsp3) is 0.158. The molecule has 1 aromatic carbocycles. The lowest BCUT2D eigenvalue weighted by Crippen LogP contribution is -2.12. The summed E-state index contributed by atoms with van der Waals surface area (Å²) in [4.78, 5) is 12.6. The van der Waals surface area contributed by atoms with Gasteiger partial charge in [0.2, 0.25) is 5.95 Å². The van der Waals surface area contributed by atoms with Crippen LogP contribution in [0.4, 0.5) is 20.5 Å². The van der Waals surface area contributed by atoms with Gasteiger partial charge in [0.1, 0.15) is 17.5 Å². The van der Waals surface area contributed by atoms with E-state index in [0.717, 1.165) is 12.1 Å². The van der Waals surface area contributed by atoms with Crippen molar-refractivity contribution in [2.45, 2.75) is 19.9 Å². The number of hydrogen-bond donors (Lipinski definition) is 2. The van der Waals surface area contributed by atoms with Gasteiger partial charge in [-0.1, -0.05) is 0 Å². The normalized spacial score (nSPS) is 10.7. The van der Waals surface area contributed by atoms with Crippen LogP contribution in [0.15, 0.2) is 36.7 Å². The van der Waals surface area contributed by atoms with Crippen molar-refractivity contribution in [2.75, 3.05) is 11.1 Å². The Morgan fingerprint density at radius 1 is 1.07 bits per heavy atom. The maximum Gasteiger partial charge on any atom is 0.222 e. The van der Waals surface area contributed by atoms with Crippen LogP contribution in [0.3, 0.4) is 0 Å². The van der Waals surface area contributed by atoms with E-state index >= 15 is 0 Å². The topological polar surface area (TPSA) is 101 Å². The van der Waals surface area contributed by atoms with E-state index in [0.29, 0.717) is 28.3 Å². The standard InChI is InChI=1S/C19H16F2N6/c1-10(2)26-19-24-8-12(9-25-19)13-6-17(27-18(23)14(13)7-22)11-3-4-15(20)16(21)5-11/h3-6,8-10H,1-2H3,(H2,23,27)(H,24,25,26). The summed E-state index contributed by atoms with van der Waals surface area (Å²) >= 11 is 0. The minimum absolute atomic E-state index is 0.0147. The molecule has 0 amide bonds. The molecule has 8 heteroatoms. The number of nitrogens with zero attached hydrogens (tertiary/aromatic N) is 4. The molecule has 3 rings (SSSR count). The fourth-order valence-corrected chi connectivity index (χ4v) is 2.51. The molecule has 2 aromatic heterocycles. The van der Waals surface area contributed by atoms with Crippen molar-refractivity contribution >= 4 is 11.8 Å². The maximum atomic E-state index is 13.6. The third kappa shape index (κ3) is 3.82. The van der Waals surface area contributed by atoms with Crippen molar-refractivity contribution in [1.82, 2.24) is 15.0 Å². The minimum Gasteiger partial charge on any atom is -0.383 e. The molecule has 2 heterocycles. The van der Waals surface area contributed by atoms with Gasteiger partial charge >= 0.3 is 0 Å². The lowest BCUT2D eigenvalue weighted by atomic mass is 10.0. The highest BCUT2D eigenvalue weighted by atomic mass is 19.2. The van der Waals surface area contributed by atoms with Crippen LogP contribution >= 0.6 is 0 Å². The smallest absolute Gasteiger partial charge is 0.222 e. The lowest BCUT2D eigenvalue weighted by molar-refractivity contribution is 0.509. The van der Waals surface area contributed by atoms with Gasteiger partial charge in [-0.05, 0) is 38.1 Å². The minimum atomic E-state index is -0.994. The zero-order valence-corrected chi connectivity index (χ0v) is 14.7. The van der Waals surface area contributed by atoms with Gasteiger partial charge in [0, 0.05) is 35.1 Å². The Morgan fingerprint density at radius 3 is 2.37 bits per heavy atom. The van der Waals surface area contributed by atoms with Crippen LogP contribution in [0.2, 0.25) is 0 Å². The van der Waals surface area contributed by atoms with E-state index in [2.05, 4.69) is 20.3 Å². The van der Waals surface area contributed by atoms with Gasteiger partial charge in [-0.25, -0.2) is 23.7 Å². The van der Waals surface area contributed by atoms with Crippen molar-refractivity contribution < 1.29 is 8.78 Å². The summed E-state index contributed by atoms with van der Waals surface area (Å²) < 4.78 is 26.8. The number of nitriles is 1. The first-order valence-electron chi connectivity index (χ1n) is 8.14. The molecule has 6 nitrogen and oxygen atoms in total. The number of nitrogens with one attached hydrogen (secondary N) is 1. The molecule has 0 aliphatic heterocycles. The predicted molar refractivity (Wildman–Crippen MR) is 98.5 cm³/mol. The summed E-state index contributed by atoms with van der Waals surface area (Å²) in [5, 5.41) is 12.5. The number of anilines is 2. The Balaban J connectivity index is 2.10. The second-order valence-corrected chi connectivity index (χ2v) is 6.15. The molecular weight excluding hydrogens is 350 g/mol. The van der Waals surface area contributed by atoms with Crippen LogP contribution < -0.4 is 11.1 Å². The number of pyridine rings is 1. The van der Waals surface area contributed by atoms with Crippen LogP contribution in [0, 0.1) is 23.0 Å². The fourth-order valence-electron chi connectivity index (χ4n) is 2.51. The Labute approximate surface area is 154 Å². The van der Waals surface area contributed by atoms with Crippen LogP contribution in [0.25, 0.3) is 22.4 Å². The van der Waals surface area contributed by atoms with Gasteiger partial charge in [-0.2, -0.15) is 5.26 Å². The summed E-state index contributed by atoms with van der Waals surface area (Å²) in [6, 6.07) is 7.19. The molecule has 0 bridgehead atoms. The Bertz CT molecular complexity index is 1030. The highest BCUT2D eigenvalue weighted by Crippen LogP contribution is 2.31. The monoisotopic (exact) mass is 366 g/mol. The Morgan fingerprint density at radius 2 is 1.78 bits per heavy atom. The quantitative estimate of drug-likeness (QED) is 0.729. The van der Waals surface area contributed by atoms with Gasteiger partial charge in [-0.15, -0.1) is 0 Å². The summed E-state index contributed by atoms with van der Waals surface area (Å²) in [7, 11) is 0. The van der Waals surface area contributed by atoms with E-state index in [1.807, 2.05) is 19.9 Å². The number of nitrogen functional groups attached to an aromatic ring is 1. The Hall–Kier alpha value is -3.60. The molecule has 0 unspecified atom stereocenters. The summed E-state index contributed by atoms with van der Waals surface area (Å²) in [6.45, 7) is 3.92. The molecule has 0 aliphatic carbocycles. The Kier molecular flexibility index (Phi) is 4.94. The maximum absolute atomic E-state index is 13.6. The average molecular weight is 366 g/mol. The first-order valence-corrected chi connectivity index (χ1v) is 8.14. The van der Waals surface area contributed by atoms with Crippen LogP contribution in [-0.2, 0) is 0 Å². The predicted octanol–water partition coefficient (Wildman–Crippen LogP) is 3.76. The van der Waals surface area contributed by atoms with E-state index in [9.17, 15) is 14.0 Å². The van der Waals surface area contributed by atoms with Gasteiger partial charge in [0.05, 0.1) is 5.69 Å². The molecule has 0 saturated carbocycles. The lowest BCUT2D eigenvalue weighted by Gasteiger charge is -2.11. The molecule has 0 radical (unpaired) electrons. The number of nitrogens with two attached hydrogens (primary N) is 1.